The Morgan fingerprint density at radius 1 is 0.710 bits per heavy atom. The Morgan fingerprint density at radius 2 is 1.26 bits per heavy atom. The molecule has 0 amide bonds. The summed E-state index contributed by atoms with van der Waals surface area (Å²) in [5.74, 6) is 0. The van der Waals surface area contributed by atoms with Gasteiger partial charge in [0, 0.05) is 0 Å². The number of hydrogen-bond donors (Lipinski definition) is 9. The van der Waals surface area contributed by atoms with E-state index < -0.39 is 99.2 Å². The van der Waals surface area contributed by atoms with E-state index in [9.17, 15) is 46.0 Å². The summed E-state index contributed by atoms with van der Waals surface area (Å²) in [5.41, 5.74) is 0. The van der Waals surface area contributed by atoms with Gasteiger partial charge in [0.05, 0.1) is 19.3 Å². The number of hydrogen-bond acceptors (Lipinski definition) is 14. The fourth-order valence-electron chi connectivity index (χ4n) is 3.70. The molecule has 0 aromatic heterocycles. The molecule has 0 aliphatic carbocycles. The molecule has 14 atom stereocenters. The first kappa shape index (κ1) is 25.1. The average Bonchev–Trinajstić information content (AvgIpc) is 2.75. The molecule has 3 heterocycles. The first-order chi connectivity index (χ1) is 14.6. The van der Waals surface area contributed by atoms with E-state index in [2.05, 4.69) is 0 Å². The van der Waals surface area contributed by atoms with Gasteiger partial charge in [-0.15, -0.1) is 0 Å². The normalized spacial score (nSPS) is 54.0. The molecule has 3 saturated heterocycles. The molecule has 3 aliphatic heterocycles. The first-order valence-corrected chi connectivity index (χ1v) is 9.85. The van der Waals surface area contributed by atoms with E-state index in [0.29, 0.717) is 0 Å². The average molecular weight is 458 g/mol. The summed E-state index contributed by atoms with van der Waals surface area (Å²) in [6.07, 6.45) is -21.4. The van der Waals surface area contributed by atoms with Crippen molar-refractivity contribution in [2.45, 2.75) is 92.9 Å². The van der Waals surface area contributed by atoms with Crippen molar-refractivity contribution in [2.24, 2.45) is 0 Å². The van der Waals surface area contributed by atoms with Crippen LogP contribution in [-0.4, -0.2) is 145 Å². The van der Waals surface area contributed by atoms with Crippen molar-refractivity contribution in [1.82, 2.24) is 0 Å². The van der Waals surface area contributed by atoms with Crippen LogP contribution in [0.5, 0.6) is 0 Å². The van der Waals surface area contributed by atoms with Gasteiger partial charge in [-0.1, -0.05) is 0 Å². The minimum Gasteiger partial charge on any atom is -0.394 e. The van der Waals surface area contributed by atoms with Crippen molar-refractivity contribution >= 4 is 0 Å². The molecular formula is C17H30O14. The lowest BCUT2D eigenvalue weighted by molar-refractivity contribution is -0.376. The minimum atomic E-state index is -1.78. The highest BCUT2D eigenvalue weighted by atomic mass is 16.8. The van der Waals surface area contributed by atoms with Crippen molar-refractivity contribution in [3.05, 3.63) is 0 Å². The number of aliphatic hydroxyl groups is 9. The molecule has 0 saturated carbocycles. The number of aliphatic hydroxyl groups excluding tert-OH is 9. The maximum Gasteiger partial charge on any atom is 0.187 e. The van der Waals surface area contributed by atoms with Gasteiger partial charge < -0.3 is 69.6 Å². The SMILES string of the molecule is C[C@@H]1O[C@@H](O[C@@H]2[C@@H](O[C@@H]3O[C@H](CO)[C@@H](O)[C@H](O)[C@H]3O)[C@@H](O)CO[C@H]2O)[C@H](O)[C@H](O)[C@H]1O. The van der Waals surface area contributed by atoms with E-state index >= 15 is 0 Å². The molecule has 0 radical (unpaired) electrons. The van der Waals surface area contributed by atoms with Crippen molar-refractivity contribution in [1.29, 1.82) is 0 Å². The molecule has 14 nitrogen and oxygen atoms in total. The van der Waals surface area contributed by atoms with E-state index in [0.717, 1.165) is 0 Å². The summed E-state index contributed by atoms with van der Waals surface area (Å²) < 4.78 is 26.6. The van der Waals surface area contributed by atoms with Crippen LogP contribution >= 0.6 is 0 Å². The predicted molar refractivity (Wildman–Crippen MR) is 93.8 cm³/mol. The number of ether oxygens (including phenoxy) is 5. The van der Waals surface area contributed by atoms with Gasteiger partial charge in [-0.05, 0) is 6.92 Å². The van der Waals surface area contributed by atoms with Crippen molar-refractivity contribution < 1.29 is 69.6 Å². The summed E-state index contributed by atoms with van der Waals surface area (Å²) in [4.78, 5) is 0. The third-order valence-corrected chi connectivity index (χ3v) is 5.66. The van der Waals surface area contributed by atoms with Crippen LogP contribution in [-0.2, 0) is 23.7 Å². The summed E-state index contributed by atoms with van der Waals surface area (Å²) >= 11 is 0. The van der Waals surface area contributed by atoms with Crippen molar-refractivity contribution in [3.63, 3.8) is 0 Å². The van der Waals surface area contributed by atoms with Gasteiger partial charge in [0.25, 0.3) is 0 Å². The van der Waals surface area contributed by atoms with E-state index in [1.165, 1.54) is 6.92 Å². The van der Waals surface area contributed by atoms with Gasteiger partial charge in [0.1, 0.15) is 61.0 Å². The Bertz CT molecular complexity index is 579. The third kappa shape index (κ3) is 5.02. The highest BCUT2D eigenvalue weighted by Crippen LogP contribution is 2.30. The topological polar surface area (TPSA) is 228 Å². The quantitative estimate of drug-likeness (QED) is 0.187. The predicted octanol–water partition coefficient (Wildman–Crippen LogP) is -5.91. The molecule has 182 valence electrons. The van der Waals surface area contributed by atoms with Gasteiger partial charge >= 0.3 is 0 Å². The maximum atomic E-state index is 10.3. The van der Waals surface area contributed by atoms with Crippen LogP contribution in [0.1, 0.15) is 6.92 Å². The highest BCUT2D eigenvalue weighted by molar-refractivity contribution is 4.93. The fourth-order valence-corrected chi connectivity index (χ4v) is 3.70. The largest absolute Gasteiger partial charge is 0.394 e. The van der Waals surface area contributed by atoms with Crippen LogP contribution in [0, 0.1) is 0 Å². The molecular weight excluding hydrogens is 428 g/mol. The maximum absolute atomic E-state index is 10.3. The van der Waals surface area contributed by atoms with Crippen LogP contribution in [0.25, 0.3) is 0 Å². The second-order valence-electron chi connectivity index (χ2n) is 7.87. The number of rotatable bonds is 5. The first-order valence-electron chi connectivity index (χ1n) is 9.85. The zero-order chi connectivity index (χ0) is 23.0. The van der Waals surface area contributed by atoms with Crippen LogP contribution in [0.3, 0.4) is 0 Å². The molecule has 3 rings (SSSR count). The molecule has 0 spiro atoms. The summed E-state index contributed by atoms with van der Waals surface area (Å²) in [6, 6.07) is 0. The van der Waals surface area contributed by atoms with E-state index in [-0.39, 0.29) is 0 Å². The van der Waals surface area contributed by atoms with Gasteiger partial charge in [0.15, 0.2) is 18.9 Å². The van der Waals surface area contributed by atoms with Gasteiger partial charge in [-0.2, -0.15) is 0 Å². The van der Waals surface area contributed by atoms with E-state index in [4.69, 9.17) is 23.7 Å². The van der Waals surface area contributed by atoms with Crippen molar-refractivity contribution in [2.75, 3.05) is 13.2 Å². The van der Waals surface area contributed by atoms with Crippen LogP contribution in [0.2, 0.25) is 0 Å². The Kier molecular flexibility index (Phi) is 8.21. The Labute approximate surface area is 176 Å². The van der Waals surface area contributed by atoms with Crippen LogP contribution in [0.15, 0.2) is 0 Å². The molecule has 0 unspecified atom stereocenters. The molecule has 0 aromatic carbocycles. The van der Waals surface area contributed by atoms with Crippen molar-refractivity contribution in [3.8, 4) is 0 Å². The minimum absolute atomic E-state index is 0.408. The zero-order valence-electron chi connectivity index (χ0n) is 16.6. The third-order valence-electron chi connectivity index (χ3n) is 5.66. The second-order valence-corrected chi connectivity index (χ2v) is 7.87. The molecule has 3 aliphatic rings. The lowest BCUT2D eigenvalue weighted by atomic mass is 9.98. The van der Waals surface area contributed by atoms with Gasteiger partial charge in [-0.3, -0.25) is 0 Å². The molecule has 31 heavy (non-hydrogen) atoms. The Morgan fingerprint density at radius 3 is 1.87 bits per heavy atom. The molecule has 9 N–H and O–H groups in total. The van der Waals surface area contributed by atoms with E-state index in [1.807, 2.05) is 0 Å². The van der Waals surface area contributed by atoms with Gasteiger partial charge in [0.2, 0.25) is 0 Å². The highest BCUT2D eigenvalue weighted by Gasteiger charge is 2.51. The summed E-state index contributed by atoms with van der Waals surface area (Å²) in [7, 11) is 0. The standard InChI is InChI=1S/C17H30O14/c1-4-7(20)9(22)11(24)16(28-4)31-14-13(5(19)3-27-15(14)26)30-17-12(25)10(23)8(21)6(2-18)29-17/h4-26H,2-3H2,1H3/t4-,5-,6+,7-,8+,9+,10-,11+,12+,13-,14+,15+,16-,17-/m0/s1. The Balaban J connectivity index is 1.75. The second kappa shape index (κ2) is 10.1. The summed E-state index contributed by atoms with van der Waals surface area (Å²) in [6.45, 7) is 0.305. The smallest absolute Gasteiger partial charge is 0.187 e. The molecule has 0 bridgehead atoms. The van der Waals surface area contributed by atoms with E-state index in [1.54, 1.807) is 0 Å². The molecule has 14 heteroatoms. The Hall–Kier alpha value is -0.560. The van der Waals surface area contributed by atoms with Crippen LogP contribution in [0.4, 0.5) is 0 Å². The fraction of sp³-hybridized carbons (Fsp3) is 1.00. The van der Waals surface area contributed by atoms with Crippen LogP contribution < -0.4 is 0 Å². The monoisotopic (exact) mass is 458 g/mol. The van der Waals surface area contributed by atoms with Gasteiger partial charge in [-0.25, -0.2) is 0 Å². The lowest BCUT2D eigenvalue weighted by Gasteiger charge is -2.46. The lowest BCUT2D eigenvalue weighted by Crippen LogP contribution is -2.64. The summed E-state index contributed by atoms with van der Waals surface area (Å²) in [5, 5.41) is 89.7. The zero-order valence-corrected chi connectivity index (χ0v) is 16.6. The molecule has 0 aromatic rings. The molecule has 3 fully saturated rings.